The van der Waals surface area contributed by atoms with Gasteiger partial charge in [-0.05, 0) is 18.9 Å². The van der Waals surface area contributed by atoms with E-state index in [0.717, 1.165) is 18.4 Å². The standard InChI is InChI=1S/C20H36O4/c1-4-5-6-7-8-9-10-11-12-13-16-23-19(21)14-15-20(22)24-17-18(2)3/h2,4-17H2,1,3H3. The van der Waals surface area contributed by atoms with Gasteiger partial charge < -0.3 is 9.47 Å². The maximum atomic E-state index is 11.5. The van der Waals surface area contributed by atoms with Gasteiger partial charge in [-0.3, -0.25) is 9.59 Å². The van der Waals surface area contributed by atoms with Crippen LogP contribution in [0, 0.1) is 0 Å². The lowest BCUT2D eigenvalue weighted by atomic mass is 10.1. The van der Waals surface area contributed by atoms with Crippen LogP contribution in [0.1, 0.15) is 90.9 Å². The third kappa shape index (κ3) is 17.0. The molecule has 140 valence electrons. The van der Waals surface area contributed by atoms with E-state index >= 15 is 0 Å². The molecule has 0 rings (SSSR count). The van der Waals surface area contributed by atoms with Crippen molar-refractivity contribution in [1.29, 1.82) is 0 Å². The van der Waals surface area contributed by atoms with Crippen LogP contribution in [0.2, 0.25) is 0 Å². The Kier molecular flexibility index (Phi) is 15.6. The molecule has 0 amide bonds. The zero-order valence-electron chi connectivity index (χ0n) is 15.7. The Hall–Kier alpha value is -1.32. The first-order chi connectivity index (χ1) is 11.6. The number of esters is 2. The fourth-order valence-corrected chi connectivity index (χ4v) is 2.33. The van der Waals surface area contributed by atoms with E-state index in [1.807, 2.05) is 0 Å². The van der Waals surface area contributed by atoms with Crippen molar-refractivity contribution in [3.05, 3.63) is 12.2 Å². The van der Waals surface area contributed by atoms with E-state index in [2.05, 4.69) is 13.5 Å². The van der Waals surface area contributed by atoms with Gasteiger partial charge >= 0.3 is 11.9 Å². The van der Waals surface area contributed by atoms with Crippen molar-refractivity contribution in [3.8, 4) is 0 Å². The second-order valence-corrected chi connectivity index (χ2v) is 6.52. The molecule has 4 heteroatoms. The van der Waals surface area contributed by atoms with Gasteiger partial charge in [0.05, 0.1) is 19.4 Å². The summed E-state index contributed by atoms with van der Waals surface area (Å²) in [4.78, 5) is 22.8. The summed E-state index contributed by atoms with van der Waals surface area (Å²) >= 11 is 0. The number of hydrogen-bond donors (Lipinski definition) is 0. The lowest BCUT2D eigenvalue weighted by Gasteiger charge is -2.06. The minimum atomic E-state index is -0.381. The van der Waals surface area contributed by atoms with E-state index < -0.39 is 0 Å². The summed E-state index contributed by atoms with van der Waals surface area (Å²) in [5.74, 6) is -0.702. The average Bonchev–Trinajstić information content (AvgIpc) is 2.56. The van der Waals surface area contributed by atoms with Crippen LogP contribution < -0.4 is 0 Å². The number of carbonyl (C=O) groups excluding carboxylic acids is 2. The van der Waals surface area contributed by atoms with Crippen molar-refractivity contribution in [2.45, 2.75) is 90.9 Å². The summed E-state index contributed by atoms with van der Waals surface area (Å²) < 4.78 is 10.0. The van der Waals surface area contributed by atoms with Crippen LogP contribution in [0.5, 0.6) is 0 Å². The quantitative estimate of drug-likeness (QED) is 0.216. The van der Waals surface area contributed by atoms with E-state index in [4.69, 9.17) is 9.47 Å². The fraction of sp³-hybridized carbons (Fsp3) is 0.800. The maximum absolute atomic E-state index is 11.5. The van der Waals surface area contributed by atoms with Crippen LogP contribution >= 0.6 is 0 Å². The largest absolute Gasteiger partial charge is 0.466 e. The van der Waals surface area contributed by atoms with Gasteiger partial charge in [0.15, 0.2) is 0 Å². The summed E-state index contributed by atoms with van der Waals surface area (Å²) in [5.41, 5.74) is 0.784. The minimum absolute atomic E-state index is 0.0736. The van der Waals surface area contributed by atoms with Crippen molar-refractivity contribution in [2.24, 2.45) is 0 Å². The lowest BCUT2D eigenvalue weighted by Crippen LogP contribution is -2.11. The lowest BCUT2D eigenvalue weighted by molar-refractivity contribution is -0.149. The molecule has 0 atom stereocenters. The molecular formula is C20H36O4. The molecule has 0 heterocycles. The average molecular weight is 341 g/mol. The van der Waals surface area contributed by atoms with E-state index in [1.165, 1.54) is 51.4 Å². The first-order valence-electron chi connectivity index (χ1n) is 9.52. The predicted octanol–water partition coefficient (Wildman–Crippen LogP) is 5.35. The number of unbranched alkanes of at least 4 members (excludes halogenated alkanes) is 9. The topological polar surface area (TPSA) is 52.6 Å². The maximum Gasteiger partial charge on any atom is 0.306 e. The highest BCUT2D eigenvalue weighted by Gasteiger charge is 2.08. The molecular weight excluding hydrogens is 304 g/mol. The Bertz CT molecular complexity index is 350. The molecule has 0 fully saturated rings. The first kappa shape index (κ1) is 22.7. The van der Waals surface area contributed by atoms with Gasteiger partial charge in [0, 0.05) is 0 Å². The number of carbonyl (C=O) groups is 2. The number of ether oxygens (including phenoxy) is 2. The van der Waals surface area contributed by atoms with E-state index in [9.17, 15) is 9.59 Å². The molecule has 0 spiro atoms. The Balaban J connectivity index is 3.31. The Morgan fingerprint density at radius 2 is 1.21 bits per heavy atom. The Morgan fingerprint density at radius 1 is 0.750 bits per heavy atom. The van der Waals surface area contributed by atoms with E-state index in [-0.39, 0.29) is 31.4 Å². The molecule has 0 radical (unpaired) electrons. The summed E-state index contributed by atoms with van der Waals surface area (Å²) in [7, 11) is 0. The van der Waals surface area contributed by atoms with Gasteiger partial charge in [0.1, 0.15) is 6.61 Å². The Labute approximate surface area is 148 Å². The van der Waals surface area contributed by atoms with Crippen LogP contribution in [0.4, 0.5) is 0 Å². The molecule has 4 nitrogen and oxygen atoms in total. The molecule has 0 N–H and O–H groups in total. The molecule has 0 aromatic rings. The number of hydrogen-bond acceptors (Lipinski definition) is 4. The van der Waals surface area contributed by atoms with Crippen LogP contribution in [0.25, 0.3) is 0 Å². The first-order valence-corrected chi connectivity index (χ1v) is 9.52. The summed E-state index contributed by atoms with van der Waals surface area (Å²) in [6.07, 6.45) is 12.7. The van der Waals surface area contributed by atoms with Crippen molar-refractivity contribution < 1.29 is 19.1 Å². The third-order valence-electron chi connectivity index (χ3n) is 3.77. The highest BCUT2D eigenvalue weighted by atomic mass is 16.5. The zero-order chi connectivity index (χ0) is 18.0. The van der Waals surface area contributed by atoms with E-state index in [0.29, 0.717) is 6.61 Å². The molecule has 0 saturated heterocycles. The van der Waals surface area contributed by atoms with Crippen molar-refractivity contribution in [3.63, 3.8) is 0 Å². The monoisotopic (exact) mass is 340 g/mol. The van der Waals surface area contributed by atoms with Crippen LogP contribution in [0.3, 0.4) is 0 Å². The molecule has 0 aliphatic rings. The third-order valence-corrected chi connectivity index (χ3v) is 3.77. The van der Waals surface area contributed by atoms with Gasteiger partial charge in [-0.15, -0.1) is 0 Å². The van der Waals surface area contributed by atoms with Gasteiger partial charge in [-0.1, -0.05) is 71.3 Å². The summed E-state index contributed by atoms with van der Waals surface area (Å²) in [5, 5.41) is 0. The smallest absolute Gasteiger partial charge is 0.306 e. The molecule has 0 aliphatic carbocycles. The normalized spacial score (nSPS) is 10.4. The Morgan fingerprint density at radius 3 is 1.71 bits per heavy atom. The molecule has 0 unspecified atom stereocenters. The van der Waals surface area contributed by atoms with E-state index in [1.54, 1.807) is 6.92 Å². The van der Waals surface area contributed by atoms with Crippen molar-refractivity contribution >= 4 is 11.9 Å². The minimum Gasteiger partial charge on any atom is -0.466 e. The second-order valence-electron chi connectivity index (χ2n) is 6.52. The molecule has 0 bridgehead atoms. The van der Waals surface area contributed by atoms with Crippen LogP contribution in [0.15, 0.2) is 12.2 Å². The fourth-order valence-electron chi connectivity index (χ4n) is 2.33. The molecule has 0 aromatic heterocycles. The molecule has 0 saturated carbocycles. The molecule has 0 aromatic carbocycles. The van der Waals surface area contributed by atoms with Gasteiger partial charge in [0.25, 0.3) is 0 Å². The predicted molar refractivity (Wildman–Crippen MR) is 97.8 cm³/mol. The highest BCUT2D eigenvalue weighted by Crippen LogP contribution is 2.10. The van der Waals surface area contributed by atoms with Crippen molar-refractivity contribution in [1.82, 2.24) is 0 Å². The molecule has 24 heavy (non-hydrogen) atoms. The SMILES string of the molecule is C=C(C)COC(=O)CCC(=O)OCCCCCCCCCCCC. The van der Waals surface area contributed by atoms with Gasteiger partial charge in [-0.25, -0.2) is 0 Å². The molecule has 0 aliphatic heterocycles. The van der Waals surface area contributed by atoms with Crippen LogP contribution in [-0.2, 0) is 19.1 Å². The number of rotatable bonds is 16. The van der Waals surface area contributed by atoms with Gasteiger partial charge in [0.2, 0.25) is 0 Å². The summed E-state index contributed by atoms with van der Waals surface area (Å²) in [6, 6.07) is 0. The zero-order valence-corrected chi connectivity index (χ0v) is 15.7. The summed E-state index contributed by atoms with van der Waals surface area (Å²) in [6.45, 7) is 8.34. The highest BCUT2D eigenvalue weighted by molar-refractivity contribution is 5.77. The van der Waals surface area contributed by atoms with Crippen LogP contribution in [-0.4, -0.2) is 25.2 Å². The van der Waals surface area contributed by atoms with Crippen molar-refractivity contribution in [2.75, 3.05) is 13.2 Å². The second kappa shape index (κ2) is 16.5. The van der Waals surface area contributed by atoms with Gasteiger partial charge in [-0.2, -0.15) is 0 Å².